The number of aliphatic hydroxyl groups is 2. The number of fused-ring (bicyclic) bond motifs is 1. The number of hydrogen-bond acceptors (Lipinski definition) is 10. The van der Waals surface area contributed by atoms with Crippen molar-refractivity contribution in [2.75, 3.05) is 45.7 Å². The molecule has 0 spiro atoms. The minimum absolute atomic E-state index is 0.0679. The van der Waals surface area contributed by atoms with Crippen molar-refractivity contribution >= 4 is 17.0 Å². The van der Waals surface area contributed by atoms with Gasteiger partial charge in [0.15, 0.2) is 29.0 Å². The van der Waals surface area contributed by atoms with Gasteiger partial charge >= 0.3 is 0 Å². The first kappa shape index (κ1) is 29.6. The summed E-state index contributed by atoms with van der Waals surface area (Å²) in [6, 6.07) is 20.7. The molecular weight excluding hydrogens is 548 g/mol. The minimum atomic E-state index is -1.18. The number of methoxy groups -OCH3 is 1. The highest BCUT2D eigenvalue weighted by atomic mass is 16.6. The molecule has 2 fully saturated rings. The number of nitrogens with one attached hydrogen (secondary N) is 1. The van der Waals surface area contributed by atoms with Gasteiger partial charge in [0.2, 0.25) is 0 Å². The molecule has 0 saturated carbocycles. The number of hydrogen-bond donors (Lipinski definition) is 3. The number of likely N-dealkylation sites (tertiary alicyclic amines) is 1. The molecular formula is C32H40N6O5. The van der Waals surface area contributed by atoms with Crippen LogP contribution in [-0.2, 0) is 20.8 Å². The molecule has 4 aromatic rings. The zero-order chi connectivity index (χ0) is 29.8. The minimum Gasteiger partial charge on any atom is -0.387 e. The summed E-state index contributed by atoms with van der Waals surface area (Å²) in [5.74, 6) is 1.15. The quantitative estimate of drug-likeness (QED) is 0.241. The van der Waals surface area contributed by atoms with E-state index in [-0.39, 0.29) is 25.2 Å². The van der Waals surface area contributed by atoms with Crippen LogP contribution in [0.5, 0.6) is 0 Å². The lowest BCUT2D eigenvalue weighted by Crippen LogP contribution is -2.34. The molecule has 2 aliphatic heterocycles. The Hall–Kier alpha value is -3.45. The van der Waals surface area contributed by atoms with Gasteiger partial charge in [0, 0.05) is 32.7 Å². The number of aromatic nitrogens is 4. The number of imidazole rings is 1. The third kappa shape index (κ3) is 6.57. The Labute approximate surface area is 251 Å². The number of rotatable bonds is 11. The summed E-state index contributed by atoms with van der Waals surface area (Å²) < 4.78 is 19.1. The predicted molar refractivity (Wildman–Crippen MR) is 162 cm³/mol. The van der Waals surface area contributed by atoms with Gasteiger partial charge in [-0.1, -0.05) is 60.7 Å². The van der Waals surface area contributed by atoms with Crippen molar-refractivity contribution < 1.29 is 24.4 Å². The van der Waals surface area contributed by atoms with Crippen LogP contribution in [0.1, 0.15) is 41.9 Å². The van der Waals surface area contributed by atoms with Gasteiger partial charge in [0.05, 0.1) is 19.0 Å². The van der Waals surface area contributed by atoms with E-state index in [2.05, 4.69) is 46.5 Å². The Kier molecular flexibility index (Phi) is 9.27. The molecule has 43 heavy (non-hydrogen) atoms. The summed E-state index contributed by atoms with van der Waals surface area (Å²) in [6.45, 7) is 2.95. The molecule has 0 radical (unpaired) electrons. The maximum Gasteiger partial charge on any atom is 0.168 e. The molecule has 0 aliphatic carbocycles. The van der Waals surface area contributed by atoms with Crippen molar-refractivity contribution in [3.05, 3.63) is 83.9 Å². The maximum absolute atomic E-state index is 10.9. The topological polar surface area (TPSA) is 127 Å². The molecule has 1 unspecified atom stereocenters. The first-order valence-corrected chi connectivity index (χ1v) is 14.9. The van der Waals surface area contributed by atoms with Crippen LogP contribution in [-0.4, -0.2) is 99.4 Å². The highest BCUT2D eigenvalue weighted by Gasteiger charge is 2.44. The Morgan fingerprint density at radius 2 is 1.65 bits per heavy atom. The fraction of sp³-hybridized carbons (Fsp3) is 0.469. The van der Waals surface area contributed by atoms with Gasteiger partial charge in [0.25, 0.3) is 0 Å². The lowest BCUT2D eigenvalue weighted by Gasteiger charge is -2.28. The Balaban J connectivity index is 1.32. The number of ether oxygens (including phenoxy) is 3. The van der Waals surface area contributed by atoms with Crippen LogP contribution in [0.2, 0.25) is 0 Å². The molecule has 4 atom stereocenters. The van der Waals surface area contributed by atoms with E-state index in [4.69, 9.17) is 24.2 Å². The van der Waals surface area contributed by atoms with Gasteiger partial charge in [-0.2, -0.15) is 0 Å². The molecule has 11 heteroatoms. The van der Waals surface area contributed by atoms with Crippen molar-refractivity contribution in [2.45, 2.75) is 56.0 Å². The average molecular weight is 589 g/mol. The summed E-state index contributed by atoms with van der Waals surface area (Å²) >= 11 is 0. The molecule has 0 bridgehead atoms. The van der Waals surface area contributed by atoms with Crippen LogP contribution in [0.4, 0.5) is 5.82 Å². The molecule has 2 aromatic heterocycles. The van der Waals surface area contributed by atoms with Gasteiger partial charge in [-0.3, -0.25) is 4.57 Å². The number of benzene rings is 2. The predicted octanol–water partition coefficient (Wildman–Crippen LogP) is 2.95. The number of nitrogens with zero attached hydrogens (tertiary/aromatic N) is 5. The monoisotopic (exact) mass is 588 g/mol. The van der Waals surface area contributed by atoms with Crippen molar-refractivity contribution in [3.63, 3.8) is 0 Å². The van der Waals surface area contributed by atoms with E-state index in [0.29, 0.717) is 29.4 Å². The Morgan fingerprint density at radius 3 is 2.30 bits per heavy atom. The fourth-order valence-electron chi connectivity index (χ4n) is 5.94. The van der Waals surface area contributed by atoms with Crippen molar-refractivity contribution in [2.24, 2.45) is 0 Å². The summed E-state index contributed by atoms with van der Waals surface area (Å²) in [5, 5.41) is 25.0. The highest BCUT2D eigenvalue weighted by Crippen LogP contribution is 2.33. The zero-order valence-corrected chi connectivity index (χ0v) is 24.6. The second-order valence-electron chi connectivity index (χ2n) is 11.4. The van der Waals surface area contributed by atoms with E-state index in [9.17, 15) is 10.2 Å². The first-order chi connectivity index (χ1) is 21.0. The molecule has 2 aromatic carbocycles. The van der Waals surface area contributed by atoms with E-state index in [1.54, 1.807) is 10.9 Å². The molecule has 6 rings (SSSR count). The lowest BCUT2D eigenvalue weighted by molar-refractivity contribution is -0.0580. The van der Waals surface area contributed by atoms with Crippen LogP contribution < -0.4 is 5.32 Å². The fourth-order valence-corrected chi connectivity index (χ4v) is 5.94. The maximum atomic E-state index is 10.9. The van der Waals surface area contributed by atoms with E-state index in [1.807, 2.05) is 36.4 Å². The van der Waals surface area contributed by atoms with Gasteiger partial charge in [-0.25, -0.2) is 15.0 Å². The van der Waals surface area contributed by atoms with Crippen LogP contribution in [0.25, 0.3) is 11.2 Å². The molecule has 3 N–H and O–H groups in total. The summed E-state index contributed by atoms with van der Waals surface area (Å²) in [6.07, 6.45) is -0.207. The molecule has 228 valence electrons. The Bertz CT molecular complexity index is 1420. The van der Waals surface area contributed by atoms with Crippen LogP contribution in [0, 0.1) is 0 Å². The van der Waals surface area contributed by atoms with E-state index in [0.717, 1.165) is 25.9 Å². The molecule has 11 nitrogen and oxygen atoms in total. The summed E-state index contributed by atoms with van der Waals surface area (Å²) in [5.41, 5.74) is 3.40. The smallest absolute Gasteiger partial charge is 0.168 e. The summed E-state index contributed by atoms with van der Waals surface area (Å²) in [7, 11) is 3.65. The van der Waals surface area contributed by atoms with E-state index in [1.165, 1.54) is 18.2 Å². The van der Waals surface area contributed by atoms with Gasteiger partial charge in [-0.15, -0.1) is 0 Å². The van der Waals surface area contributed by atoms with Gasteiger partial charge in [-0.05, 0) is 31.0 Å². The van der Waals surface area contributed by atoms with Gasteiger partial charge < -0.3 is 34.6 Å². The third-order valence-electron chi connectivity index (χ3n) is 8.40. The van der Waals surface area contributed by atoms with Crippen LogP contribution in [0.3, 0.4) is 0 Å². The second kappa shape index (κ2) is 13.5. The van der Waals surface area contributed by atoms with Crippen molar-refractivity contribution in [3.8, 4) is 0 Å². The largest absolute Gasteiger partial charge is 0.387 e. The SMILES string of the molecule is COC[C@H]1OC(n2cnc3c(NCC(c4ccccc4)c4ccccc4)nc(COC4CCN(C)CC4)nc32)[C@H](O)[C@@H]1O. The highest BCUT2D eigenvalue weighted by molar-refractivity contribution is 5.83. The van der Waals surface area contributed by atoms with Crippen LogP contribution >= 0.6 is 0 Å². The van der Waals surface area contributed by atoms with Crippen molar-refractivity contribution in [1.82, 2.24) is 24.4 Å². The molecule has 2 aliphatic rings. The zero-order valence-electron chi connectivity index (χ0n) is 24.6. The lowest BCUT2D eigenvalue weighted by atomic mass is 9.91. The third-order valence-corrected chi connectivity index (χ3v) is 8.40. The van der Waals surface area contributed by atoms with E-state index >= 15 is 0 Å². The molecule has 0 amide bonds. The summed E-state index contributed by atoms with van der Waals surface area (Å²) in [4.78, 5) is 16.6. The standard InChI is InChI=1S/C32H40N6O5/c1-37-15-13-23(14-16-37)42-19-26-35-30(33-17-24(21-9-5-3-6-10-21)22-11-7-4-8-12-22)27-31(36-26)38(20-34-27)32-29(40)28(39)25(43-32)18-41-2/h3-12,20,23-25,28-29,32,39-40H,13-19H2,1-2H3,(H,33,35,36)/t25-,28-,29-,32?/m1/s1. The molecule has 2 saturated heterocycles. The molecule has 4 heterocycles. The number of anilines is 1. The Morgan fingerprint density at radius 1 is 0.977 bits per heavy atom. The average Bonchev–Trinajstić information content (AvgIpc) is 3.58. The van der Waals surface area contributed by atoms with E-state index < -0.39 is 24.5 Å². The van der Waals surface area contributed by atoms with Gasteiger partial charge in [0.1, 0.15) is 24.9 Å². The number of aliphatic hydroxyl groups excluding tert-OH is 2. The van der Waals surface area contributed by atoms with Crippen molar-refractivity contribution in [1.29, 1.82) is 0 Å². The second-order valence-corrected chi connectivity index (χ2v) is 11.4. The normalized spacial score (nSPS) is 23.4. The first-order valence-electron chi connectivity index (χ1n) is 14.9. The number of piperidine rings is 1. The van der Waals surface area contributed by atoms with Crippen LogP contribution in [0.15, 0.2) is 67.0 Å².